The summed E-state index contributed by atoms with van der Waals surface area (Å²) in [4.78, 5) is 0. The molecule has 1 saturated carbocycles. The van der Waals surface area contributed by atoms with E-state index in [4.69, 9.17) is 9.47 Å². The van der Waals surface area contributed by atoms with Gasteiger partial charge in [0.1, 0.15) is 0 Å². The first kappa shape index (κ1) is 8.52. The Hall–Kier alpha value is -0.0800. The summed E-state index contributed by atoms with van der Waals surface area (Å²) in [7, 11) is 0. The molecule has 0 aromatic heterocycles. The molecular formula is C10H18O2. The smallest absolute Gasteiger partial charge is 0.155 e. The highest BCUT2D eigenvalue weighted by Gasteiger charge is 2.33. The highest BCUT2D eigenvalue weighted by molar-refractivity contribution is 4.78. The maximum Gasteiger partial charge on any atom is 0.155 e. The minimum atomic E-state index is 0.0399. The molecule has 2 heteroatoms. The first-order valence-corrected chi connectivity index (χ1v) is 5.17. The van der Waals surface area contributed by atoms with Crippen molar-refractivity contribution >= 4 is 0 Å². The van der Waals surface area contributed by atoms with E-state index in [1.807, 2.05) is 6.92 Å². The molecule has 1 unspecified atom stereocenters. The summed E-state index contributed by atoms with van der Waals surface area (Å²) < 4.78 is 11.4. The first-order chi connectivity index (χ1) is 5.86. The molecule has 2 aliphatic rings. The summed E-state index contributed by atoms with van der Waals surface area (Å²) in [5.74, 6) is 0. The number of hydrogen-bond donors (Lipinski definition) is 0. The zero-order valence-electron chi connectivity index (χ0n) is 7.79. The lowest BCUT2D eigenvalue weighted by molar-refractivity contribution is -0.0518. The van der Waals surface area contributed by atoms with E-state index in [0.29, 0.717) is 12.2 Å². The number of ether oxygens (including phenoxy) is 2. The highest BCUT2D eigenvalue weighted by atomic mass is 16.7. The third kappa shape index (κ3) is 1.80. The molecule has 0 aromatic carbocycles. The maximum atomic E-state index is 5.68. The van der Waals surface area contributed by atoms with Gasteiger partial charge in [0.15, 0.2) is 6.29 Å². The van der Waals surface area contributed by atoms with E-state index >= 15 is 0 Å². The van der Waals surface area contributed by atoms with E-state index < -0.39 is 0 Å². The van der Waals surface area contributed by atoms with Gasteiger partial charge in [-0.3, -0.25) is 0 Å². The van der Waals surface area contributed by atoms with E-state index in [1.165, 1.54) is 38.5 Å². The Morgan fingerprint density at radius 1 is 0.833 bits per heavy atom. The summed E-state index contributed by atoms with van der Waals surface area (Å²) in [5, 5.41) is 0. The topological polar surface area (TPSA) is 18.5 Å². The molecular weight excluding hydrogens is 152 g/mol. The van der Waals surface area contributed by atoms with E-state index in [0.717, 1.165) is 0 Å². The van der Waals surface area contributed by atoms with Crippen molar-refractivity contribution in [2.24, 2.45) is 0 Å². The maximum absolute atomic E-state index is 5.68. The lowest BCUT2D eigenvalue weighted by Gasteiger charge is -2.19. The van der Waals surface area contributed by atoms with Crippen LogP contribution in [0.5, 0.6) is 0 Å². The van der Waals surface area contributed by atoms with Crippen molar-refractivity contribution < 1.29 is 9.47 Å². The van der Waals surface area contributed by atoms with Crippen LogP contribution in [-0.4, -0.2) is 18.5 Å². The summed E-state index contributed by atoms with van der Waals surface area (Å²) >= 11 is 0. The van der Waals surface area contributed by atoms with E-state index in [1.54, 1.807) is 0 Å². The highest BCUT2D eigenvalue weighted by Crippen LogP contribution is 2.29. The lowest BCUT2D eigenvalue weighted by atomic mass is 9.96. The van der Waals surface area contributed by atoms with Crippen LogP contribution in [0.2, 0.25) is 0 Å². The van der Waals surface area contributed by atoms with Crippen LogP contribution in [0, 0.1) is 0 Å². The van der Waals surface area contributed by atoms with Gasteiger partial charge in [0.25, 0.3) is 0 Å². The molecule has 12 heavy (non-hydrogen) atoms. The fraction of sp³-hybridized carbons (Fsp3) is 1.00. The van der Waals surface area contributed by atoms with Crippen molar-refractivity contribution in [1.82, 2.24) is 0 Å². The van der Waals surface area contributed by atoms with Crippen LogP contribution in [0.1, 0.15) is 45.4 Å². The van der Waals surface area contributed by atoms with Crippen LogP contribution in [-0.2, 0) is 9.47 Å². The molecule has 0 amide bonds. The molecule has 0 spiro atoms. The summed E-state index contributed by atoms with van der Waals surface area (Å²) in [6.07, 6.45) is 8.64. The van der Waals surface area contributed by atoms with Crippen molar-refractivity contribution in [3.8, 4) is 0 Å². The Kier molecular flexibility index (Phi) is 2.66. The Balaban J connectivity index is 1.92. The summed E-state index contributed by atoms with van der Waals surface area (Å²) in [6, 6.07) is 0. The standard InChI is InChI=1S/C10H18O2/c1-8-11-9-6-4-2-3-5-7-10(9)12-8/h8-10H,2-7H2,1H3/t8?,9-,10+. The molecule has 1 heterocycles. The van der Waals surface area contributed by atoms with Crippen LogP contribution >= 0.6 is 0 Å². The van der Waals surface area contributed by atoms with Gasteiger partial charge in [-0.05, 0) is 19.8 Å². The Morgan fingerprint density at radius 2 is 1.33 bits per heavy atom. The van der Waals surface area contributed by atoms with Crippen LogP contribution in [0.25, 0.3) is 0 Å². The molecule has 2 fully saturated rings. The van der Waals surface area contributed by atoms with Crippen molar-refractivity contribution in [1.29, 1.82) is 0 Å². The quantitative estimate of drug-likeness (QED) is 0.556. The van der Waals surface area contributed by atoms with Gasteiger partial charge in [-0.15, -0.1) is 0 Å². The van der Waals surface area contributed by atoms with Gasteiger partial charge in [-0.2, -0.15) is 0 Å². The number of fused-ring (bicyclic) bond motifs is 1. The predicted molar refractivity (Wildman–Crippen MR) is 46.9 cm³/mol. The second kappa shape index (κ2) is 3.75. The van der Waals surface area contributed by atoms with Gasteiger partial charge in [-0.1, -0.05) is 25.7 Å². The van der Waals surface area contributed by atoms with Gasteiger partial charge in [0.2, 0.25) is 0 Å². The van der Waals surface area contributed by atoms with E-state index in [-0.39, 0.29) is 6.29 Å². The predicted octanol–water partition coefficient (Wildman–Crippen LogP) is 2.47. The summed E-state index contributed by atoms with van der Waals surface area (Å²) in [6.45, 7) is 2.00. The van der Waals surface area contributed by atoms with Crippen molar-refractivity contribution in [2.45, 2.75) is 63.9 Å². The van der Waals surface area contributed by atoms with Gasteiger partial charge < -0.3 is 9.47 Å². The zero-order valence-corrected chi connectivity index (χ0v) is 7.79. The molecule has 3 atom stereocenters. The van der Waals surface area contributed by atoms with Crippen molar-refractivity contribution in [2.75, 3.05) is 0 Å². The average molecular weight is 170 g/mol. The van der Waals surface area contributed by atoms with Gasteiger partial charge in [0.05, 0.1) is 12.2 Å². The first-order valence-electron chi connectivity index (χ1n) is 5.17. The molecule has 0 N–H and O–H groups in total. The molecule has 1 saturated heterocycles. The van der Waals surface area contributed by atoms with Gasteiger partial charge in [-0.25, -0.2) is 0 Å². The SMILES string of the molecule is CC1O[C@H]2CCCCCC[C@H]2O1. The van der Waals surface area contributed by atoms with Gasteiger partial charge >= 0.3 is 0 Å². The molecule has 1 aliphatic carbocycles. The Bertz CT molecular complexity index is 131. The van der Waals surface area contributed by atoms with E-state index in [2.05, 4.69) is 0 Å². The van der Waals surface area contributed by atoms with Crippen LogP contribution in [0.15, 0.2) is 0 Å². The molecule has 70 valence electrons. The minimum Gasteiger partial charge on any atom is -0.347 e. The zero-order chi connectivity index (χ0) is 8.39. The molecule has 0 bridgehead atoms. The van der Waals surface area contributed by atoms with Crippen LogP contribution in [0.3, 0.4) is 0 Å². The second-order valence-electron chi connectivity index (χ2n) is 3.91. The Morgan fingerprint density at radius 3 is 1.83 bits per heavy atom. The normalized spacial score (nSPS) is 43.2. The lowest BCUT2D eigenvalue weighted by Crippen LogP contribution is -2.23. The minimum absolute atomic E-state index is 0.0399. The fourth-order valence-electron chi connectivity index (χ4n) is 2.25. The average Bonchev–Trinajstić information content (AvgIpc) is 2.32. The molecule has 2 rings (SSSR count). The largest absolute Gasteiger partial charge is 0.347 e. The fourth-order valence-corrected chi connectivity index (χ4v) is 2.25. The number of hydrogen-bond acceptors (Lipinski definition) is 2. The molecule has 1 aliphatic heterocycles. The second-order valence-corrected chi connectivity index (χ2v) is 3.91. The molecule has 0 radical (unpaired) electrons. The molecule has 0 aromatic rings. The van der Waals surface area contributed by atoms with Gasteiger partial charge in [0, 0.05) is 0 Å². The third-order valence-electron chi connectivity index (χ3n) is 2.87. The van der Waals surface area contributed by atoms with Crippen molar-refractivity contribution in [3.05, 3.63) is 0 Å². The number of rotatable bonds is 0. The van der Waals surface area contributed by atoms with E-state index in [9.17, 15) is 0 Å². The van der Waals surface area contributed by atoms with Crippen LogP contribution < -0.4 is 0 Å². The molecule has 2 nitrogen and oxygen atoms in total. The van der Waals surface area contributed by atoms with Crippen molar-refractivity contribution in [3.63, 3.8) is 0 Å². The summed E-state index contributed by atoms with van der Waals surface area (Å²) in [5.41, 5.74) is 0. The van der Waals surface area contributed by atoms with Crippen LogP contribution in [0.4, 0.5) is 0 Å². The third-order valence-corrected chi connectivity index (χ3v) is 2.87. The Labute approximate surface area is 74.2 Å². The monoisotopic (exact) mass is 170 g/mol.